The van der Waals surface area contributed by atoms with Crippen molar-refractivity contribution in [3.63, 3.8) is 0 Å². The number of nitrogens with two attached hydrogens (primary N) is 1. The number of carboxylic acids is 1. The Bertz CT molecular complexity index is 241. The van der Waals surface area contributed by atoms with E-state index in [0.717, 1.165) is 0 Å². The molecule has 5 nitrogen and oxygen atoms in total. The number of carbonyl (C=O) groups excluding carboxylic acids is 1. The lowest BCUT2D eigenvalue weighted by Crippen LogP contribution is -2.45. The Morgan fingerprint density at radius 1 is 1.38 bits per heavy atom. The molecule has 0 radical (unpaired) electrons. The number of carboxylic acid groups (broad SMARTS) is 1. The van der Waals surface area contributed by atoms with Gasteiger partial charge in [-0.2, -0.15) is 0 Å². The molecule has 0 aliphatic heterocycles. The Morgan fingerprint density at radius 3 is 2.31 bits per heavy atom. The van der Waals surface area contributed by atoms with Gasteiger partial charge in [0.05, 0.1) is 0 Å². The van der Waals surface area contributed by atoms with Crippen molar-refractivity contribution in [2.75, 3.05) is 0 Å². The van der Waals surface area contributed by atoms with Gasteiger partial charge in [0.15, 0.2) is 0 Å². The summed E-state index contributed by atoms with van der Waals surface area (Å²) in [4.78, 5) is 22.4. The van der Waals surface area contributed by atoms with Gasteiger partial charge in [-0.25, -0.2) is 4.79 Å². The second-order valence-electron chi connectivity index (χ2n) is 4.28. The normalized spacial score (nSPS) is 16.2. The number of nitrogens with one attached hydrogen (secondary N) is 1. The van der Waals surface area contributed by atoms with Crippen LogP contribution in [0.5, 0.6) is 0 Å². The van der Waals surface area contributed by atoms with E-state index in [2.05, 4.69) is 5.32 Å². The van der Waals surface area contributed by atoms with E-state index in [1.807, 2.05) is 20.8 Å². The van der Waals surface area contributed by atoms with E-state index in [0.29, 0.717) is 12.8 Å². The fourth-order valence-electron chi connectivity index (χ4n) is 1.29. The fraction of sp³-hybridized carbons (Fsp3) is 0.818. The third-order valence-electron chi connectivity index (χ3n) is 2.62. The minimum Gasteiger partial charge on any atom is -0.480 e. The molecule has 0 bridgehead atoms. The molecule has 5 heteroatoms. The highest BCUT2D eigenvalue weighted by Gasteiger charge is 2.24. The van der Waals surface area contributed by atoms with Gasteiger partial charge in [0.1, 0.15) is 6.04 Å². The first-order valence-corrected chi connectivity index (χ1v) is 5.66. The van der Waals surface area contributed by atoms with Gasteiger partial charge in [-0.15, -0.1) is 0 Å². The van der Waals surface area contributed by atoms with Gasteiger partial charge < -0.3 is 16.2 Å². The number of amides is 1. The molecule has 94 valence electrons. The van der Waals surface area contributed by atoms with E-state index in [9.17, 15) is 9.59 Å². The molecule has 0 saturated heterocycles. The summed E-state index contributed by atoms with van der Waals surface area (Å²) in [5.41, 5.74) is 5.52. The van der Waals surface area contributed by atoms with Crippen LogP contribution in [-0.2, 0) is 9.59 Å². The lowest BCUT2D eigenvalue weighted by atomic mass is 9.99. The Kier molecular flexibility index (Phi) is 6.72. The minimum absolute atomic E-state index is 0.0439. The molecule has 0 aromatic rings. The molecule has 0 fully saturated rings. The van der Waals surface area contributed by atoms with Gasteiger partial charge in [-0.05, 0) is 19.3 Å². The Balaban J connectivity index is 4.19. The summed E-state index contributed by atoms with van der Waals surface area (Å²) >= 11 is 0. The summed E-state index contributed by atoms with van der Waals surface area (Å²) in [5.74, 6) is -1.30. The highest BCUT2D eigenvalue weighted by molar-refractivity contribution is 5.83. The highest BCUT2D eigenvalue weighted by atomic mass is 16.4. The van der Waals surface area contributed by atoms with Crippen LogP contribution in [0.3, 0.4) is 0 Å². The molecule has 4 N–H and O–H groups in total. The molecule has 0 spiro atoms. The molecule has 0 aromatic heterocycles. The molecular weight excluding hydrogens is 208 g/mol. The van der Waals surface area contributed by atoms with Crippen molar-refractivity contribution >= 4 is 11.9 Å². The Hall–Kier alpha value is -1.10. The van der Waals surface area contributed by atoms with Gasteiger partial charge in [0.2, 0.25) is 5.91 Å². The first-order chi connectivity index (χ1) is 7.38. The standard InChI is InChI=1S/C11H22N2O3/c1-4-7(2)10(11(15)16)13-9(14)6-5-8(3)12/h7-8,10H,4-6,12H2,1-3H3,(H,13,14)(H,15,16)/t7?,8?,10-/m0/s1. The van der Waals surface area contributed by atoms with Gasteiger partial charge in [-0.1, -0.05) is 20.3 Å². The van der Waals surface area contributed by atoms with Crippen LogP contribution >= 0.6 is 0 Å². The van der Waals surface area contributed by atoms with Gasteiger partial charge in [-0.3, -0.25) is 4.79 Å². The quantitative estimate of drug-likeness (QED) is 0.601. The molecule has 0 heterocycles. The number of carbonyl (C=O) groups is 2. The fourth-order valence-corrected chi connectivity index (χ4v) is 1.29. The van der Waals surface area contributed by atoms with E-state index < -0.39 is 12.0 Å². The first-order valence-electron chi connectivity index (χ1n) is 5.66. The summed E-state index contributed by atoms with van der Waals surface area (Å²) in [6, 6.07) is -0.844. The van der Waals surface area contributed by atoms with Gasteiger partial charge in [0, 0.05) is 12.5 Å². The second kappa shape index (κ2) is 7.22. The molecule has 2 unspecified atom stereocenters. The number of aliphatic carboxylic acids is 1. The van der Waals surface area contributed by atoms with Crippen molar-refractivity contribution in [2.45, 2.75) is 52.1 Å². The zero-order valence-electron chi connectivity index (χ0n) is 10.2. The van der Waals surface area contributed by atoms with E-state index >= 15 is 0 Å². The van der Waals surface area contributed by atoms with Crippen LogP contribution in [0.25, 0.3) is 0 Å². The van der Waals surface area contributed by atoms with Gasteiger partial charge in [0.25, 0.3) is 0 Å². The summed E-state index contributed by atoms with van der Waals surface area (Å²) in [7, 11) is 0. The Morgan fingerprint density at radius 2 is 1.94 bits per heavy atom. The zero-order valence-corrected chi connectivity index (χ0v) is 10.2. The molecule has 16 heavy (non-hydrogen) atoms. The Labute approximate surface area is 96.4 Å². The number of rotatable bonds is 7. The van der Waals surface area contributed by atoms with Crippen LogP contribution in [0.2, 0.25) is 0 Å². The lowest BCUT2D eigenvalue weighted by Gasteiger charge is -2.20. The second-order valence-corrected chi connectivity index (χ2v) is 4.28. The van der Waals surface area contributed by atoms with Crippen molar-refractivity contribution in [3.8, 4) is 0 Å². The SMILES string of the molecule is CCC(C)[C@H](NC(=O)CCC(C)N)C(=O)O. The summed E-state index contributed by atoms with van der Waals surface area (Å²) < 4.78 is 0. The molecule has 0 saturated carbocycles. The van der Waals surface area contributed by atoms with Crippen molar-refractivity contribution in [2.24, 2.45) is 11.7 Å². The molecule has 0 aliphatic carbocycles. The van der Waals surface area contributed by atoms with E-state index in [-0.39, 0.29) is 24.3 Å². The maximum Gasteiger partial charge on any atom is 0.326 e. The average Bonchev–Trinajstić information content (AvgIpc) is 2.21. The number of hydrogen-bond acceptors (Lipinski definition) is 3. The summed E-state index contributed by atoms with van der Waals surface area (Å²) in [5, 5.41) is 11.5. The largest absolute Gasteiger partial charge is 0.480 e. The van der Waals surface area contributed by atoms with E-state index in [4.69, 9.17) is 10.8 Å². The summed E-state index contributed by atoms with van der Waals surface area (Å²) in [6.07, 6.45) is 1.56. The van der Waals surface area contributed by atoms with Gasteiger partial charge >= 0.3 is 5.97 Å². The first kappa shape index (κ1) is 14.9. The van der Waals surface area contributed by atoms with Crippen molar-refractivity contribution in [1.82, 2.24) is 5.32 Å². The smallest absolute Gasteiger partial charge is 0.326 e. The summed E-state index contributed by atoms with van der Waals surface area (Å²) in [6.45, 7) is 5.52. The maximum absolute atomic E-state index is 11.5. The minimum atomic E-state index is -0.983. The lowest BCUT2D eigenvalue weighted by molar-refractivity contribution is -0.143. The van der Waals surface area contributed by atoms with E-state index in [1.54, 1.807) is 0 Å². The van der Waals surface area contributed by atoms with Crippen LogP contribution < -0.4 is 11.1 Å². The van der Waals surface area contributed by atoms with Crippen LogP contribution in [-0.4, -0.2) is 29.1 Å². The van der Waals surface area contributed by atoms with Crippen LogP contribution in [0.1, 0.15) is 40.0 Å². The van der Waals surface area contributed by atoms with Crippen molar-refractivity contribution < 1.29 is 14.7 Å². The maximum atomic E-state index is 11.5. The highest BCUT2D eigenvalue weighted by Crippen LogP contribution is 2.08. The third-order valence-corrected chi connectivity index (χ3v) is 2.62. The van der Waals surface area contributed by atoms with E-state index in [1.165, 1.54) is 0 Å². The molecule has 0 aromatic carbocycles. The third kappa shape index (κ3) is 5.70. The monoisotopic (exact) mass is 230 g/mol. The molecule has 1 amide bonds. The number of hydrogen-bond donors (Lipinski definition) is 3. The molecule has 0 aliphatic rings. The predicted octanol–water partition coefficient (Wildman–Crippen LogP) is 0.729. The molecular formula is C11H22N2O3. The average molecular weight is 230 g/mol. The molecule has 3 atom stereocenters. The predicted molar refractivity (Wildman–Crippen MR) is 61.9 cm³/mol. The van der Waals surface area contributed by atoms with Crippen molar-refractivity contribution in [3.05, 3.63) is 0 Å². The van der Waals surface area contributed by atoms with Crippen LogP contribution in [0.4, 0.5) is 0 Å². The van der Waals surface area contributed by atoms with Crippen LogP contribution in [0.15, 0.2) is 0 Å². The molecule has 0 rings (SSSR count). The van der Waals surface area contributed by atoms with Crippen LogP contribution in [0, 0.1) is 5.92 Å². The zero-order chi connectivity index (χ0) is 12.7. The van der Waals surface area contributed by atoms with Crippen molar-refractivity contribution in [1.29, 1.82) is 0 Å². The topological polar surface area (TPSA) is 92.4 Å².